The molecule has 2 heterocycles. The molecule has 2 amide bonds. The Morgan fingerprint density at radius 1 is 1.31 bits per heavy atom. The molecule has 0 atom stereocenters. The summed E-state index contributed by atoms with van der Waals surface area (Å²) in [5, 5.41) is 0. The summed E-state index contributed by atoms with van der Waals surface area (Å²) in [5.41, 5.74) is 2.17. The molecule has 8 heteroatoms. The van der Waals surface area contributed by atoms with E-state index in [0.29, 0.717) is 37.7 Å². The molecule has 0 radical (unpaired) electrons. The molecule has 1 fully saturated rings. The molecule has 0 N–H and O–H groups in total. The summed E-state index contributed by atoms with van der Waals surface area (Å²) >= 11 is 2.21. The number of amides is 2. The molecule has 0 aliphatic carbocycles. The first-order valence-corrected chi connectivity index (χ1v) is 9.59. The van der Waals surface area contributed by atoms with Gasteiger partial charge in [0.05, 0.1) is 29.5 Å². The number of methoxy groups -OCH3 is 1. The third-order valence-corrected chi connectivity index (χ3v) is 5.37. The van der Waals surface area contributed by atoms with Crippen LogP contribution in [0.25, 0.3) is 0 Å². The van der Waals surface area contributed by atoms with Gasteiger partial charge in [-0.3, -0.25) is 9.80 Å². The largest absolute Gasteiger partial charge is 0.493 e. The monoisotopic (exact) mass is 474 g/mol. The number of hydrogen-bond acceptors (Lipinski definition) is 5. The maximum Gasteiger partial charge on any atom is 0.414 e. The van der Waals surface area contributed by atoms with E-state index < -0.39 is 5.60 Å². The maximum atomic E-state index is 12.4. The number of anilines is 1. The van der Waals surface area contributed by atoms with Gasteiger partial charge in [-0.2, -0.15) is 0 Å². The molecule has 2 aliphatic heterocycles. The summed E-state index contributed by atoms with van der Waals surface area (Å²) in [6.45, 7) is 7.47. The summed E-state index contributed by atoms with van der Waals surface area (Å²) in [6, 6.07) is 1.92. The smallest absolute Gasteiger partial charge is 0.414 e. The molecule has 2 aliphatic rings. The molecule has 7 nitrogen and oxygen atoms in total. The Morgan fingerprint density at radius 3 is 2.65 bits per heavy atom. The van der Waals surface area contributed by atoms with Crippen LogP contribution < -0.4 is 9.64 Å². The fourth-order valence-corrected chi connectivity index (χ4v) is 4.11. The van der Waals surface area contributed by atoms with Gasteiger partial charge in [-0.1, -0.05) is 0 Å². The molecule has 1 aromatic carbocycles. The Bertz CT molecular complexity index is 744. The Kier molecular flexibility index (Phi) is 5.23. The molecular weight excluding hydrogens is 451 g/mol. The highest BCUT2D eigenvalue weighted by Gasteiger charge is 2.33. The Labute approximate surface area is 166 Å². The zero-order chi connectivity index (χ0) is 19.1. The van der Waals surface area contributed by atoms with E-state index in [1.54, 1.807) is 16.9 Å². The quantitative estimate of drug-likeness (QED) is 0.609. The summed E-state index contributed by atoms with van der Waals surface area (Å²) in [4.78, 5) is 27.8. The SMILES string of the molecule is COc1c(N2CCCOC2=O)cc2c(c1I)CN(C(=O)OC(C)(C)C)C2. The van der Waals surface area contributed by atoms with E-state index in [4.69, 9.17) is 14.2 Å². The standard InChI is InChI=1S/C18H23IN2O5/c1-18(2,3)26-16(22)20-9-11-8-13(21-6-5-7-25-17(21)23)15(24-4)14(19)12(11)10-20/h8H,5-7,9-10H2,1-4H3. The minimum Gasteiger partial charge on any atom is -0.493 e. The van der Waals surface area contributed by atoms with Gasteiger partial charge in [0, 0.05) is 13.1 Å². The van der Waals surface area contributed by atoms with Crippen LogP contribution in [0.1, 0.15) is 38.3 Å². The van der Waals surface area contributed by atoms with Crippen LogP contribution in [0.2, 0.25) is 0 Å². The first-order chi connectivity index (χ1) is 12.2. The molecule has 0 bridgehead atoms. The highest BCUT2D eigenvalue weighted by Crippen LogP contribution is 2.41. The van der Waals surface area contributed by atoms with Crippen LogP contribution in [0.5, 0.6) is 5.75 Å². The highest BCUT2D eigenvalue weighted by atomic mass is 127. The van der Waals surface area contributed by atoms with Crippen LogP contribution in [0, 0.1) is 3.57 Å². The molecule has 0 unspecified atom stereocenters. The molecule has 0 saturated carbocycles. The van der Waals surface area contributed by atoms with Gasteiger partial charge in [0.1, 0.15) is 5.60 Å². The van der Waals surface area contributed by atoms with Crippen LogP contribution in [0.15, 0.2) is 6.07 Å². The number of halogens is 1. The molecule has 26 heavy (non-hydrogen) atoms. The van der Waals surface area contributed by atoms with Crippen LogP contribution in [0.4, 0.5) is 15.3 Å². The first-order valence-electron chi connectivity index (χ1n) is 8.51. The number of carbonyl (C=O) groups is 2. The van der Waals surface area contributed by atoms with Crippen LogP contribution in [0.3, 0.4) is 0 Å². The van der Waals surface area contributed by atoms with Crippen molar-refractivity contribution in [2.24, 2.45) is 0 Å². The van der Waals surface area contributed by atoms with Gasteiger partial charge in [-0.25, -0.2) is 9.59 Å². The van der Waals surface area contributed by atoms with Gasteiger partial charge in [-0.15, -0.1) is 0 Å². The average molecular weight is 474 g/mol. The fraction of sp³-hybridized carbons (Fsp3) is 0.556. The van der Waals surface area contributed by atoms with E-state index in [0.717, 1.165) is 21.1 Å². The average Bonchev–Trinajstić information content (AvgIpc) is 2.98. The number of benzene rings is 1. The van der Waals surface area contributed by atoms with Gasteiger partial charge >= 0.3 is 12.2 Å². The number of fused-ring (bicyclic) bond motifs is 1. The second kappa shape index (κ2) is 7.13. The highest BCUT2D eigenvalue weighted by molar-refractivity contribution is 14.1. The van der Waals surface area contributed by atoms with Crippen molar-refractivity contribution in [1.82, 2.24) is 4.90 Å². The van der Waals surface area contributed by atoms with Crippen molar-refractivity contribution in [1.29, 1.82) is 0 Å². The second-order valence-corrected chi connectivity index (χ2v) is 8.42. The van der Waals surface area contributed by atoms with E-state index in [-0.39, 0.29) is 12.2 Å². The van der Waals surface area contributed by atoms with E-state index in [1.165, 1.54) is 0 Å². The van der Waals surface area contributed by atoms with Crippen molar-refractivity contribution in [3.63, 3.8) is 0 Å². The topological polar surface area (TPSA) is 68.3 Å². The van der Waals surface area contributed by atoms with Gasteiger partial charge in [0.2, 0.25) is 0 Å². The number of rotatable bonds is 2. The molecule has 1 saturated heterocycles. The Morgan fingerprint density at radius 2 is 2.04 bits per heavy atom. The number of carbonyl (C=O) groups excluding carboxylic acids is 2. The lowest BCUT2D eigenvalue weighted by molar-refractivity contribution is 0.0241. The van der Waals surface area contributed by atoms with E-state index in [1.807, 2.05) is 26.8 Å². The first kappa shape index (κ1) is 19.1. The van der Waals surface area contributed by atoms with E-state index >= 15 is 0 Å². The normalized spacial score (nSPS) is 17.0. The lowest BCUT2D eigenvalue weighted by Crippen LogP contribution is -2.38. The van der Waals surface area contributed by atoms with Crippen molar-refractivity contribution in [2.75, 3.05) is 25.2 Å². The summed E-state index contributed by atoms with van der Waals surface area (Å²) in [5.74, 6) is 0.634. The van der Waals surface area contributed by atoms with Gasteiger partial charge in [0.15, 0.2) is 5.75 Å². The summed E-state index contributed by atoms with van der Waals surface area (Å²) in [6.07, 6.45) is 0.0572. The molecule has 1 aromatic rings. The van der Waals surface area contributed by atoms with Crippen molar-refractivity contribution in [2.45, 2.75) is 45.9 Å². The zero-order valence-electron chi connectivity index (χ0n) is 15.4. The van der Waals surface area contributed by atoms with E-state index in [9.17, 15) is 9.59 Å². The van der Waals surface area contributed by atoms with Gasteiger partial charge < -0.3 is 14.2 Å². The van der Waals surface area contributed by atoms with E-state index in [2.05, 4.69) is 22.6 Å². The van der Waals surface area contributed by atoms with Crippen LogP contribution >= 0.6 is 22.6 Å². The predicted octanol–water partition coefficient (Wildman–Crippen LogP) is 3.90. The number of nitrogens with zero attached hydrogens (tertiary/aromatic N) is 2. The van der Waals surface area contributed by atoms with Crippen LogP contribution in [-0.4, -0.2) is 42.9 Å². The second-order valence-electron chi connectivity index (χ2n) is 7.34. The van der Waals surface area contributed by atoms with Crippen molar-refractivity contribution < 1.29 is 23.8 Å². The molecule has 0 spiro atoms. The van der Waals surface area contributed by atoms with Gasteiger partial charge in [-0.05, 0) is 67.0 Å². The molecule has 3 rings (SSSR count). The maximum absolute atomic E-state index is 12.4. The summed E-state index contributed by atoms with van der Waals surface area (Å²) < 4.78 is 17.1. The number of cyclic esters (lactones) is 1. The molecule has 142 valence electrons. The van der Waals surface area contributed by atoms with Crippen molar-refractivity contribution in [3.05, 3.63) is 20.8 Å². The number of ether oxygens (including phenoxy) is 3. The molecular formula is C18H23IN2O5. The molecule has 0 aromatic heterocycles. The third kappa shape index (κ3) is 3.70. The zero-order valence-corrected chi connectivity index (χ0v) is 17.6. The lowest BCUT2D eigenvalue weighted by Gasteiger charge is -2.28. The van der Waals surface area contributed by atoms with Gasteiger partial charge in [0.25, 0.3) is 0 Å². The minimum absolute atomic E-state index is 0.345. The fourth-order valence-electron chi connectivity index (χ4n) is 3.09. The third-order valence-electron chi connectivity index (χ3n) is 4.22. The predicted molar refractivity (Wildman–Crippen MR) is 105 cm³/mol. The number of hydrogen-bond donors (Lipinski definition) is 0. The van der Waals surface area contributed by atoms with Crippen molar-refractivity contribution >= 4 is 40.5 Å². The Hall–Kier alpha value is -1.71. The summed E-state index contributed by atoms with van der Waals surface area (Å²) in [7, 11) is 1.59. The van der Waals surface area contributed by atoms with Crippen molar-refractivity contribution in [3.8, 4) is 5.75 Å². The lowest BCUT2D eigenvalue weighted by atomic mass is 10.1. The minimum atomic E-state index is -0.542. The Balaban J connectivity index is 1.92. The van der Waals surface area contributed by atoms with Crippen LogP contribution in [-0.2, 0) is 22.6 Å².